The SMILES string of the molecule is O=C(O)c1cc(=O)c2cc(F)ccc2n1C1CCCC1. The Labute approximate surface area is 114 Å². The van der Waals surface area contributed by atoms with E-state index >= 15 is 0 Å². The molecule has 0 unspecified atom stereocenters. The highest BCUT2D eigenvalue weighted by molar-refractivity contribution is 5.90. The van der Waals surface area contributed by atoms with E-state index in [1.165, 1.54) is 18.2 Å². The summed E-state index contributed by atoms with van der Waals surface area (Å²) in [6, 6.07) is 5.10. The zero-order chi connectivity index (χ0) is 14.3. The highest BCUT2D eigenvalue weighted by Crippen LogP contribution is 2.33. The Balaban J connectivity index is 2.37. The number of nitrogens with zero attached hydrogens (tertiary/aromatic N) is 1. The van der Waals surface area contributed by atoms with Crippen LogP contribution in [0.25, 0.3) is 10.9 Å². The Morgan fingerprint density at radius 3 is 2.60 bits per heavy atom. The molecule has 0 spiro atoms. The van der Waals surface area contributed by atoms with Crippen LogP contribution >= 0.6 is 0 Å². The van der Waals surface area contributed by atoms with Crippen LogP contribution in [0, 0.1) is 5.82 Å². The molecule has 2 aromatic rings. The van der Waals surface area contributed by atoms with Gasteiger partial charge >= 0.3 is 5.97 Å². The second-order valence-corrected chi connectivity index (χ2v) is 5.17. The Hall–Kier alpha value is -2.17. The number of carboxylic acid groups (broad SMARTS) is 1. The number of hydrogen-bond acceptors (Lipinski definition) is 2. The topological polar surface area (TPSA) is 59.3 Å². The molecular formula is C15H14FNO3. The first kappa shape index (κ1) is 12.8. The van der Waals surface area contributed by atoms with Gasteiger partial charge in [-0.05, 0) is 31.0 Å². The molecule has 1 aromatic heterocycles. The number of carbonyl (C=O) groups is 1. The molecule has 0 aliphatic heterocycles. The summed E-state index contributed by atoms with van der Waals surface area (Å²) in [4.78, 5) is 23.4. The summed E-state index contributed by atoms with van der Waals surface area (Å²) in [6.07, 6.45) is 3.85. The van der Waals surface area contributed by atoms with Crippen LogP contribution in [0.15, 0.2) is 29.1 Å². The molecule has 1 saturated carbocycles. The van der Waals surface area contributed by atoms with Gasteiger partial charge in [-0.15, -0.1) is 0 Å². The molecule has 5 heteroatoms. The molecule has 0 saturated heterocycles. The average molecular weight is 275 g/mol. The van der Waals surface area contributed by atoms with Gasteiger partial charge in [-0.1, -0.05) is 12.8 Å². The number of benzene rings is 1. The minimum atomic E-state index is -1.12. The normalized spacial score (nSPS) is 15.8. The van der Waals surface area contributed by atoms with Crippen molar-refractivity contribution in [2.24, 2.45) is 0 Å². The van der Waals surface area contributed by atoms with Gasteiger partial charge in [-0.3, -0.25) is 4.79 Å². The molecule has 0 atom stereocenters. The van der Waals surface area contributed by atoms with E-state index in [2.05, 4.69) is 0 Å². The van der Waals surface area contributed by atoms with E-state index in [1.807, 2.05) is 0 Å². The van der Waals surface area contributed by atoms with Gasteiger partial charge in [0.15, 0.2) is 5.43 Å². The third-order valence-corrected chi connectivity index (χ3v) is 3.92. The lowest BCUT2D eigenvalue weighted by atomic mass is 10.1. The number of fused-ring (bicyclic) bond motifs is 1. The molecule has 4 nitrogen and oxygen atoms in total. The standard InChI is InChI=1S/C15H14FNO3/c16-9-5-6-12-11(7-9)14(18)8-13(15(19)20)17(12)10-3-1-2-4-10/h5-8,10H,1-4H2,(H,19,20). The van der Waals surface area contributed by atoms with E-state index in [0.717, 1.165) is 31.7 Å². The van der Waals surface area contributed by atoms with E-state index in [-0.39, 0.29) is 17.1 Å². The van der Waals surface area contributed by atoms with Crippen molar-refractivity contribution in [3.63, 3.8) is 0 Å². The van der Waals surface area contributed by atoms with Gasteiger partial charge in [0.2, 0.25) is 0 Å². The van der Waals surface area contributed by atoms with Crippen molar-refractivity contribution in [2.75, 3.05) is 0 Å². The van der Waals surface area contributed by atoms with Crippen LogP contribution in [0.2, 0.25) is 0 Å². The molecule has 1 fully saturated rings. The fourth-order valence-electron chi connectivity index (χ4n) is 3.04. The van der Waals surface area contributed by atoms with Gasteiger partial charge in [0.05, 0.1) is 5.52 Å². The van der Waals surface area contributed by atoms with E-state index in [4.69, 9.17) is 0 Å². The van der Waals surface area contributed by atoms with E-state index in [0.29, 0.717) is 5.52 Å². The van der Waals surface area contributed by atoms with Crippen LogP contribution in [0.1, 0.15) is 42.2 Å². The third kappa shape index (κ3) is 1.99. The summed E-state index contributed by atoms with van der Waals surface area (Å²) in [6.45, 7) is 0. The first-order chi connectivity index (χ1) is 9.58. The highest BCUT2D eigenvalue weighted by atomic mass is 19.1. The maximum Gasteiger partial charge on any atom is 0.352 e. The Kier molecular flexibility index (Phi) is 3.04. The van der Waals surface area contributed by atoms with Crippen LogP contribution in [0.4, 0.5) is 4.39 Å². The lowest BCUT2D eigenvalue weighted by Crippen LogP contribution is -2.20. The van der Waals surface area contributed by atoms with E-state index < -0.39 is 17.2 Å². The largest absolute Gasteiger partial charge is 0.477 e. The molecule has 1 N–H and O–H groups in total. The smallest absolute Gasteiger partial charge is 0.352 e. The minimum absolute atomic E-state index is 0.0130. The first-order valence-electron chi connectivity index (χ1n) is 6.66. The number of halogens is 1. The summed E-state index contributed by atoms with van der Waals surface area (Å²) in [7, 11) is 0. The Morgan fingerprint density at radius 1 is 1.25 bits per heavy atom. The van der Waals surface area contributed by atoms with Gasteiger partial charge in [0, 0.05) is 17.5 Å². The number of pyridine rings is 1. The maximum absolute atomic E-state index is 13.3. The fourth-order valence-corrected chi connectivity index (χ4v) is 3.04. The highest BCUT2D eigenvalue weighted by Gasteiger charge is 2.24. The summed E-state index contributed by atoms with van der Waals surface area (Å²) >= 11 is 0. The minimum Gasteiger partial charge on any atom is -0.477 e. The zero-order valence-electron chi connectivity index (χ0n) is 10.8. The van der Waals surface area contributed by atoms with Gasteiger partial charge in [-0.25, -0.2) is 9.18 Å². The van der Waals surface area contributed by atoms with E-state index in [9.17, 15) is 19.1 Å². The first-order valence-corrected chi connectivity index (χ1v) is 6.66. The van der Waals surface area contributed by atoms with Crippen molar-refractivity contribution in [3.8, 4) is 0 Å². The van der Waals surface area contributed by atoms with Crippen molar-refractivity contribution in [1.82, 2.24) is 4.57 Å². The van der Waals surface area contributed by atoms with E-state index in [1.54, 1.807) is 4.57 Å². The van der Waals surface area contributed by atoms with Gasteiger partial charge in [-0.2, -0.15) is 0 Å². The molecule has 1 aliphatic carbocycles. The summed E-state index contributed by atoms with van der Waals surface area (Å²) in [5, 5.41) is 9.57. The molecule has 3 rings (SSSR count). The molecule has 0 bridgehead atoms. The molecular weight excluding hydrogens is 261 g/mol. The second kappa shape index (κ2) is 4.74. The van der Waals surface area contributed by atoms with Crippen molar-refractivity contribution in [1.29, 1.82) is 0 Å². The van der Waals surface area contributed by atoms with Crippen LogP contribution in [-0.2, 0) is 0 Å². The quantitative estimate of drug-likeness (QED) is 0.916. The number of aromatic nitrogens is 1. The summed E-state index contributed by atoms with van der Waals surface area (Å²) in [5.41, 5.74) is 0.0374. The predicted molar refractivity (Wildman–Crippen MR) is 72.6 cm³/mol. The van der Waals surface area contributed by atoms with Crippen LogP contribution in [0.3, 0.4) is 0 Å². The number of aromatic carboxylic acids is 1. The number of carboxylic acids is 1. The van der Waals surface area contributed by atoms with Crippen LogP contribution in [0.5, 0.6) is 0 Å². The van der Waals surface area contributed by atoms with Crippen molar-refractivity contribution in [3.05, 3.63) is 46.0 Å². The Bertz CT molecular complexity index is 745. The Morgan fingerprint density at radius 2 is 1.95 bits per heavy atom. The number of hydrogen-bond donors (Lipinski definition) is 1. The molecule has 0 radical (unpaired) electrons. The van der Waals surface area contributed by atoms with Gasteiger partial charge in [0.25, 0.3) is 0 Å². The second-order valence-electron chi connectivity index (χ2n) is 5.17. The van der Waals surface area contributed by atoms with Crippen LogP contribution < -0.4 is 5.43 Å². The van der Waals surface area contributed by atoms with Gasteiger partial charge in [0.1, 0.15) is 11.5 Å². The zero-order valence-corrected chi connectivity index (χ0v) is 10.8. The number of rotatable bonds is 2. The molecule has 0 amide bonds. The van der Waals surface area contributed by atoms with Crippen LogP contribution in [-0.4, -0.2) is 15.6 Å². The summed E-state index contributed by atoms with van der Waals surface area (Å²) in [5.74, 6) is -1.61. The summed E-state index contributed by atoms with van der Waals surface area (Å²) < 4.78 is 15.0. The molecule has 1 aliphatic rings. The predicted octanol–water partition coefficient (Wildman–Crippen LogP) is 2.95. The van der Waals surface area contributed by atoms with Crippen molar-refractivity contribution >= 4 is 16.9 Å². The monoisotopic (exact) mass is 275 g/mol. The average Bonchev–Trinajstić information content (AvgIpc) is 2.92. The lowest BCUT2D eigenvalue weighted by Gasteiger charge is -2.20. The lowest BCUT2D eigenvalue weighted by molar-refractivity contribution is 0.0682. The molecule has 20 heavy (non-hydrogen) atoms. The molecule has 1 aromatic carbocycles. The third-order valence-electron chi connectivity index (χ3n) is 3.92. The molecule has 1 heterocycles. The van der Waals surface area contributed by atoms with Gasteiger partial charge < -0.3 is 9.67 Å². The maximum atomic E-state index is 13.3. The fraction of sp³-hybridized carbons (Fsp3) is 0.333. The molecule has 104 valence electrons. The van der Waals surface area contributed by atoms with Crippen molar-refractivity contribution < 1.29 is 14.3 Å². The van der Waals surface area contributed by atoms with Crippen molar-refractivity contribution in [2.45, 2.75) is 31.7 Å².